The van der Waals surface area contributed by atoms with Crippen molar-refractivity contribution in [3.8, 4) is 23.0 Å². The average Bonchev–Trinajstić information content (AvgIpc) is 3.36. The van der Waals surface area contributed by atoms with Crippen LogP contribution in [-0.2, 0) is 19.4 Å². The highest BCUT2D eigenvalue weighted by atomic mass is 16.5. The highest BCUT2D eigenvalue weighted by Crippen LogP contribution is 2.51. The molecule has 0 radical (unpaired) electrons. The predicted octanol–water partition coefficient (Wildman–Crippen LogP) is 3.66. The molecule has 4 rings (SSSR count). The van der Waals surface area contributed by atoms with Crippen molar-refractivity contribution in [3.63, 3.8) is 0 Å². The molecule has 1 aliphatic rings. The number of hydrogen-bond acceptors (Lipinski definition) is 8. The van der Waals surface area contributed by atoms with Gasteiger partial charge in [0.2, 0.25) is 0 Å². The van der Waals surface area contributed by atoms with Gasteiger partial charge in [0.05, 0.1) is 47.1 Å². The van der Waals surface area contributed by atoms with E-state index in [9.17, 15) is 20.4 Å². The monoisotopic (exact) mass is 538 g/mol. The van der Waals surface area contributed by atoms with Crippen LogP contribution in [0.3, 0.4) is 0 Å². The van der Waals surface area contributed by atoms with Crippen LogP contribution in [0.25, 0.3) is 0 Å². The first-order valence-electron chi connectivity index (χ1n) is 13.2. The van der Waals surface area contributed by atoms with Gasteiger partial charge in [0.1, 0.15) is 6.10 Å². The van der Waals surface area contributed by atoms with Gasteiger partial charge in [-0.1, -0.05) is 24.3 Å². The Balaban J connectivity index is 1.63. The van der Waals surface area contributed by atoms with Gasteiger partial charge in [-0.25, -0.2) is 0 Å². The largest absolute Gasteiger partial charge is 0.493 e. The fourth-order valence-electron chi connectivity index (χ4n) is 5.43. The van der Waals surface area contributed by atoms with Gasteiger partial charge in [-0.2, -0.15) is 0 Å². The lowest BCUT2D eigenvalue weighted by molar-refractivity contribution is 0.157. The molecule has 39 heavy (non-hydrogen) atoms. The van der Waals surface area contributed by atoms with Gasteiger partial charge in [0.25, 0.3) is 0 Å². The van der Waals surface area contributed by atoms with Crippen molar-refractivity contribution in [3.05, 3.63) is 81.9 Å². The third-order valence-electron chi connectivity index (χ3n) is 7.45. The molecule has 210 valence electrons. The zero-order valence-electron chi connectivity index (χ0n) is 22.7. The van der Waals surface area contributed by atoms with Crippen molar-refractivity contribution in [2.24, 2.45) is 0 Å². The molecular weight excluding hydrogens is 500 g/mol. The summed E-state index contributed by atoms with van der Waals surface area (Å²) in [5, 5.41) is 40.2. The number of aliphatic hydroxyl groups is 4. The van der Waals surface area contributed by atoms with Crippen LogP contribution >= 0.6 is 0 Å². The Labute approximate surface area is 229 Å². The fourth-order valence-corrected chi connectivity index (χ4v) is 5.43. The normalized spacial score (nSPS) is 16.9. The minimum atomic E-state index is -0.468. The lowest BCUT2D eigenvalue weighted by Crippen LogP contribution is -2.16. The molecule has 3 atom stereocenters. The summed E-state index contributed by atoms with van der Waals surface area (Å²) in [6.45, 7) is -0.332. The van der Waals surface area contributed by atoms with Crippen LogP contribution in [0, 0.1) is 0 Å². The summed E-state index contributed by atoms with van der Waals surface area (Å²) in [7, 11) is 4.76. The minimum Gasteiger partial charge on any atom is -0.493 e. The van der Waals surface area contributed by atoms with Crippen LogP contribution in [0.2, 0.25) is 0 Å². The topological polar surface area (TPSA) is 118 Å². The van der Waals surface area contributed by atoms with Crippen molar-refractivity contribution < 1.29 is 39.4 Å². The van der Waals surface area contributed by atoms with E-state index in [0.29, 0.717) is 47.8 Å². The van der Waals surface area contributed by atoms with Crippen LogP contribution in [0.5, 0.6) is 23.0 Å². The smallest absolute Gasteiger partial charge is 0.165 e. The van der Waals surface area contributed by atoms with E-state index in [0.717, 1.165) is 27.8 Å². The van der Waals surface area contributed by atoms with Gasteiger partial charge in [-0.05, 0) is 71.3 Å². The van der Waals surface area contributed by atoms with Gasteiger partial charge in [-0.15, -0.1) is 0 Å². The van der Waals surface area contributed by atoms with Crippen LogP contribution < -0.4 is 18.9 Å². The predicted molar refractivity (Wildman–Crippen MR) is 147 cm³/mol. The minimum absolute atomic E-state index is 0.0963. The summed E-state index contributed by atoms with van der Waals surface area (Å²) in [6, 6.07) is 15.4. The van der Waals surface area contributed by atoms with E-state index in [1.54, 1.807) is 21.3 Å². The van der Waals surface area contributed by atoms with Crippen LogP contribution in [-0.4, -0.2) is 61.6 Å². The summed E-state index contributed by atoms with van der Waals surface area (Å²) in [4.78, 5) is 0. The van der Waals surface area contributed by atoms with Gasteiger partial charge < -0.3 is 39.4 Å². The Morgan fingerprint density at radius 1 is 0.821 bits per heavy atom. The second kappa shape index (κ2) is 13.2. The van der Waals surface area contributed by atoms with Gasteiger partial charge in [0, 0.05) is 18.1 Å². The molecule has 0 aliphatic carbocycles. The molecule has 3 aromatic carbocycles. The first kappa shape index (κ1) is 28.7. The molecule has 1 heterocycles. The molecule has 0 aromatic heterocycles. The molecule has 8 nitrogen and oxygen atoms in total. The molecule has 0 saturated carbocycles. The Hall–Kier alpha value is -3.30. The molecule has 8 heteroatoms. The van der Waals surface area contributed by atoms with Crippen LogP contribution in [0.4, 0.5) is 0 Å². The lowest BCUT2D eigenvalue weighted by Gasteiger charge is -2.22. The van der Waals surface area contributed by atoms with E-state index < -0.39 is 6.10 Å². The zero-order valence-corrected chi connectivity index (χ0v) is 22.7. The Bertz CT molecular complexity index is 1260. The SMILES string of the molecule is COc1ccc(CC(CO)c2ccc(C3Oc4c(OC)cc(CCCO)cc4C3CO)cc2CO)cc1OC. The summed E-state index contributed by atoms with van der Waals surface area (Å²) >= 11 is 0. The molecular formula is C31H38O8. The molecule has 3 aromatic rings. The summed E-state index contributed by atoms with van der Waals surface area (Å²) < 4.78 is 22.7. The number of hydrogen-bond donors (Lipinski definition) is 4. The Morgan fingerprint density at radius 3 is 2.21 bits per heavy atom. The van der Waals surface area contributed by atoms with Crippen LogP contribution in [0.1, 0.15) is 57.7 Å². The first-order chi connectivity index (χ1) is 19.0. The van der Waals surface area contributed by atoms with Gasteiger partial charge in [0.15, 0.2) is 23.0 Å². The third-order valence-corrected chi connectivity index (χ3v) is 7.45. The Kier molecular flexibility index (Phi) is 9.69. The van der Waals surface area contributed by atoms with Crippen molar-refractivity contribution in [2.45, 2.75) is 43.8 Å². The van der Waals surface area contributed by atoms with Crippen molar-refractivity contribution >= 4 is 0 Å². The number of ether oxygens (including phenoxy) is 4. The number of fused-ring (bicyclic) bond motifs is 1. The standard InChI is InChI=1S/C31H38O8/c1-36-27-9-6-20(13-28(27)37-2)11-22(16-33)24-8-7-21(15-23(24)17-34)30-26(18-35)25-12-19(5-4-10-32)14-29(38-3)31(25)39-30/h6-9,12-15,22,26,30,32-35H,4-5,10-11,16-18H2,1-3H3. The van der Waals surface area contributed by atoms with Crippen molar-refractivity contribution in [1.82, 2.24) is 0 Å². The van der Waals surface area contributed by atoms with E-state index >= 15 is 0 Å². The molecule has 0 saturated heterocycles. The molecule has 0 amide bonds. The Morgan fingerprint density at radius 2 is 1.56 bits per heavy atom. The maximum Gasteiger partial charge on any atom is 0.165 e. The van der Waals surface area contributed by atoms with E-state index in [4.69, 9.17) is 18.9 Å². The van der Waals surface area contributed by atoms with E-state index in [1.165, 1.54) is 0 Å². The summed E-state index contributed by atoms with van der Waals surface area (Å²) in [5.41, 5.74) is 5.21. The molecule has 0 bridgehead atoms. The molecule has 4 N–H and O–H groups in total. The van der Waals surface area contributed by atoms with Crippen molar-refractivity contribution in [2.75, 3.05) is 41.2 Å². The van der Waals surface area contributed by atoms with Gasteiger partial charge >= 0.3 is 0 Å². The van der Waals surface area contributed by atoms with Crippen LogP contribution in [0.15, 0.2) is 48.5 Å². The maximum atomic E-state index is 10.4. The second-order valence-electron chi connectivity index (χ2n) is 9.76. The molecule has 0 spiro atoms. The molecule has 1 aliphatic heterocycles. The number of aliphatic hydroxyl groups excluding tert-OH is 4. The third kappa shape index (κ3) is 5.99. The fraction of sp³-hybridized carbons (Fsp3) is 0.419. The lowest BCUT2D eigenvalue weighted by atomic mass is 9.85. The van der Waals surface area contributed by atoms with E-state index in [1.807, 2.05) is 48.5 Å². The zero-order chi connectivity index (χ0) is 27.9. The highest BCUT2D eigenvalue weighted by molar-refractivity contribution is 5.55. The highest BCUT2D eigenvalue weighted by Gasteiger charge is 2.38. The van der Waals surface area contributed by atoms with E-state index in [-0.39, 0.29) is 38.3 Å². The number of benzene rings is 3. The molecule has 3 unspecified atom stereocenters. The summed E-state index contributed by atoms with van der Waals surface area (Å²) in [5.74, 6) is 1.88. The molecule has 0 fully saturated rings. The van der Waals surface area contributed by atoms with E-state index in [2.05, 4.69) is 0 Å². The van der Waals surface area contributed by atoms with Crippen molar-refractivity contribution in [1.29, 1.82) is 0 Å². The first-order valence-corrected chi connectivity index (χ1v) is 13.2. The maximum absolute atomic E-state index is 10.4. The number of rotatable bonds is 13. The second-order valence-corrected chi connectivity index (χ2v) is 9.76. The number of methoxy groups -OCH3 is 3. The quantitative estimate of drug-likeness (QED) is 0.261. The summed E-state index contributed by atoms with van der Waals surface area (Å²) in [6.07, 6.45) is 1.40. The average molecular weight is 539 g/mol. The van der Waals surface area contributed by atoms with Gasteiger partial charge in [-0.3, -0.25) is 0 Å². The number of aryl methyl sites for hydroxylation is 1.